The molecule has 3 nitrogen and oxygen atoms in total. The molecule has 1 aromatic rings. The predicted molar refractivity (Wildman–Crippen MR) is 65.6 cm³/mol. The van der Waals surface area contributed by atoms with E-state index < -0.39 is 5.97 Å². The smallest absolute Gasteiger partial charge is 0.304 e. The van der Waals surface area contributed by atoms with Gasteiger partial charge in [-0.15, -0.1) is 0 Å². The summed E-state index contributed by atoms with van der Waals surface area (Å²) in [5, 5.41) is 11.9. The highest BCUT2D eigenvalue weighted by Gasteiger charge is 2.19. The summed E-state index contributed by atoms with van der Waals surface area (Å²) in [6.45, 7) is 0.537. The number of carbonyl (C=O) groups is 1. The Bertz CT molecular complexity index is 381. The molecule has 1 aromatic carbocycles. The van der Waals surface area contributed by atoms with E-state index in [-0.39, 0.29) is 6.42 Å². The molecule has 16 heavy (non-hydrogen) atoms. The zero-order valence-electron chi connectivity index (χ0n) is 8.98. The first-order valence-electron chi connectivity index (χ1n) is 5.38. The first kappa shape index (κ1) is 11.5. The quantitative estimate of drug-likeness (QED) is 0.841. The maximum atomic E-state index is 10.4. The standard InChI is InChI=1S/C12H15NO2S/c14-12(15)5-6-13-11-8-16-7-9-3-1-2-4-10(9)11/h1-4,11,13H,5-8H2,(H,14,15). The zero-order valence-corrected chi connectivity index (χ0v) is 9.80. The van der Waals surface area contributed by atoms with Crippen LogP contribution in [0.2, 0.25) is 0 Å². The van der Waals surface area contributed by atoms with Gasteiger partial charge < -0.3 is 10.4 Å². The van der Waals surface area contributed by atoms with Crippen LogP contribution in [-0.4, -0.2) is 23.4 Å². The lowest BCUT2D eigenvalue weighted by Gasteiger charge is -2.25. The Hall–Kier alpha value is -1.00. The first-order chi connectivity index (χ1) is 7.77. The molecule has 1 atom stereocenters. The predicted octanol–water partition coefficient (Wildman–Crippen LogP) is 2.04. The van der Waals surface area contributed by atoms with Crippen LogP contribution in [0.15, 0.2) is 24.3 Å². The van der Waals surface area contributed by atoms with Gasteiger partial charge in [-0.25, -0.2) is 0 Å². The molecule has 0 spiro atoms. The van der Waals surface area contributed by atoms with Crippen molar-refractivity contribution in [2.45, 2.75) is 18.2 Å². The Kier molecular flexibility index (Phi) is 3.85. The van der Waals surface area contributed by atoms with Gasteiger partial charge in [-0.3, -0.25) is 4.79 Å². The van der Waals surface area contributed by atoms with Crippen LogP contribution < -0.4 is 5.32 Å². The lowest BCUT2D eigenvalue weighted by Crippen LogP contribution is -2.28. The van der Waals surface area contributed by atoms with Gasteiger partial charge in [0.25, 0.3) is 0 Å². The number of hydrogen-bond acceptors (Lipinski definition) is 3. The van der Waals surface area contributed by atoms with E-state index in [0.717, 1.165) is 11.5 Å². The summed E-state index contributed by atoms with van der Waals surface area (Å²) in [6.07, 6.45) is 0.184. The lowest BCUT2D eigenvalue weighted by atomic mass is 10.0. The second kappa shape index (κ2) is 5.37. The SMILES string of the molecule is O=C(O)CCNC1CSCc2ccccc21. The number of hydrogen-bond donors (Lipinski definition) is 2. The van der Waals surface area contributed by atoms with Crippen LogP contribution in [0.3, 0.4) is 0 Å². The van der Waals surface area contributed by atoms with Crippen molar-refractivity contribution in [2.24, 2.45) is 0 Å². The summed E-state index contributed by atoms with van der Waals surface area (Å²) in [5.74, 6) is 1.34. The summed E-state index contributed by atoms with van der Waals surface area (Å²) in [6, 6.07) is 8.68. The highest BCUT2D eigenvalue weighted by Crippen LogP contribution is 2.31. The molecule has 0 aliphatic carbocycles. The summed E-state index contributed by atoms with van der Waals surface area (Å²) >= 11 is 1.89. The third kappa shape index (κ3) is 2.77. The molecule has 86 valence electrons. The van der Waals surface area contributed by atoms with Crippen molar-refractivity contribution < 1.29 is 9.90 Å². The van der Waals surface area contributed by atoms with Crippen molar-refractivity contribution in [1.29, 1.82) is 0 Å². The molecule has 1 heterocycles. The molecule has 0 saturated carbocycles. The van der Waals surface area contributed by atoms with Gasteiger partial charge in [0, 0.05) is 24.1 Å². The Morgan fingerprint density at radius 1 is 1.50 bits per heavy atom. The fourth-order valence-corrected chi connectivity index (χ4v) is 3.04. The van der Waals surface area contributed by atoms with Crippen LogP contribution in [0, 0.1) is 0 Å². The van der Waals surface area contributed by atoms with Crippen LogP contribution >= 0.6 is 11.8 Å². The van der Waals surface area contributed by atoms with E-state index in [1.165, 1.54) is 11.1 Å². The van der Waals surface area contributed by atoms with Gasteiger partial charge in [0.05, 0.1) is 6.42 Å². The summed E-state index contributed by atoms with van der Waals surface area (Å²) < 4.78 is 0. The summed E-state index contributed by atoms with van der Waals surface area (Å²) in [4.78, 5) is 10.4. The molecule has 0 amide bonds. The Balaban J connectivity index is 1.99. The fraction of sp³-hybridized carbons (Fsp3) is 0.417. The number of carboxylic acids is 1. The van der Waals surface area contributed by atoms with Crippen LogP contribution in [0.4, 0.5) is 0 Å². The number of rotatable bonds is 4. The Morgan fingerprint density at radius 2 is 2.31 bits per heavy atom. The second-order valence-electron chi connectivity index (χ2n) is 3.86. The molecule has 0 radical (unpaired) electrons. The number of nitrogens with one attached hydrogen (secondary N) is 1. The van der Waals surface area contributed by atoms with E-state index >= 15 is 0 Å². The van der Waals surface area contributed by atoms with Crippen molar-refractivity contribution in [3.63, 3.8) is 0 Å². The van der Waals surface area contributed by atoms with E-state index in [9.17, 15) is 4.79 Å². The molecule has 2 N–H and O–H groups in total. The molecule has 4 heteroatoms. The van der Waals surface area contributed by atoms with Gasteiger partial charge in [-0.1, -0.05) is 24.3 Å². The minimum absolute atomic E-state index is 0.184. The first-order valence-corrected chi connectivity index (χ1v) is 6.53. The molecule has 0 bridgehead atoms. The maximum Gasteiger partial charge on any atom is 0.304 e. The highest BCUT2D eigenvalue weighted by atomic mass is 32.2. The van der Waals surface area contributed by atoms with Crippen LogP contribution in [-0.2, 0) is 10.5 Å². The molecule has 1 aliphatic heterocycles. The van der Waals surface area contributed by atoms with Gasteiger partial charge in [-0.05, 0) is 11.1 Å². The molecular formula is C12H15NO2S. The van der Waals surface area contributed by atoms with Crippen molar-refractivity contribution in [3.05, 3.63) is 35.4 Å². The number of carboxylic acid groups (broad SMARTS) is 1. The van der Waals surface area contributed by atoms with Gasteiger partial charge in [0.2, 0.25) is 0 Å². The monoisotopic (exact) mass is 237 g/mol. The lowest BCUT2D eigenvalue weighted by molar-refractivity contribution is -0.136. The average Bonchev–Trinajstić information content (AvgIpc) is 2.29. The van der Waals surface area contributed by atoms with Gasteiger partial charge in [0.15, 0.2) is 0 Å². The van der Waals surface area contributed by atoms with Crippen LogP contribution in [0.1, 0.15) is 23.6 Å². The Labute approximate surface area is 99.2 Å². The number of aliphatic carboxylic acids is 1. The molecule has 2 rings (SSSR count). The van der Waals surface area contributed by atoms with E-state index in [2.05, 4.69) is 23.5 Å². The molecule has 0 saturated heterocycles. The Morgan fingerprint density at radius 3 is 3.12 bits per heavy atom. The van der Waals surface area contributed by atoms with E-state index in [4.69, 9.17) is 5.11 Å². The molecule has 1 aliphatic rings. The number of fused-ring (bicyclic) bond motifs is 1. The molecular weight excluding hydrogens is 222 g/mol. The number of benzene rings is 1. The van der Waals surface area contributed by atoms with Crippen molar-refractivity contribution in [3.8, 4) is 0 Å². The highest BCUT2D eigenvalue weighted by molar-refractivity contribution is 7.98. The maximum absolute atomic E-state index is 10.4. The third-order valence-corrected chi connectivity index (χ3v) is 3.79. The van der Waals surface area contributed by atoms with Gasteiger partial charge in [-0.2, -0.15) is 11.8 Å². The second-order valence-corrected chi connectivity index (χ2v) is 4.89. The van der Waals surface area contributed by atoms with Crippen molar-refractivity contribution in [2.75, 3.05) is 12.3 Å². The summed E-state index contributed by atoms with van der Waals surface area (Å²) in [7, 11) is 0. The fourth-order valence-electron chi connectivity index (χ4n) is 1.90. The van der Waals surface area contributed by atoms with Gasteiger partial charge in [0.1, 0.15) is 0 Å². The van der Waals surface area contributed by atoms with Gasteiger partial charge >= 0.3 is 5.97 Å². The van der Waals surface area contributed by atoms with Crippen molar-refractivity contribution in [1.82, 2.24) is 5.32 Å². The van der Waals surface area contributed by atoms with E-state index in [0.29, 0.717) is 12.6 Å². The van der Waals surface area contributed by atoms with Crippen molar-refractivity contribution >= 4 is 17.7 Å². The number of thioether (sulfide) groups is 1. The molecule has 0 aromatic heterocycles. The summed E-state index contributed by atoms with van der Waals surface area (Å²) in [5.41, 5.74) is 2.69. The minimum atomic E-state index is -0.746. The van der Waals surface area contributed by atoms with Crippen LogP contribution in [0.5, 0.6) is 0 Å². The largest absolute Gasteiger partial charge is 0.481 e. The normalized spacial score (nSPS) is 19.1. The van der Waals surface area contributed by atoms with E-state index in [1.807, 2.05) is 17.8 Å². The van der Waals surface area contributed by atoms with E-state index in [1.54, 1.807) is 0 Å². The third-order valence-electron chi connectivity index (χ3n) is 2.70. The average molecular weight is 237 g/mol. The molecule has 1 unspecified atom stereocenters. The van der Waals surface area contributed by atoms with Crippen LogP contribution in [0.25, 0.3) is 0 Å². The minimum Gasteiger partial charge on any atom is -0.481 e. The topological polar surface area (TPSA) is 49.3 Å². The zero-order chi connectivity index (χ0) is 11.4. The molecule has 0 fully saturated rings.